The molecule has 0 saturated carbocycles. The van der Waals surface area contributed by atoms with Gasteiger partial charge in [0, 0.05) is 35.3 Å². The zero-order chi connectivity index (χ0) is 12.5. The summed E-state index contributed by atoms with van der Waals surface area (Å²) in [6.07, 6.45) is 3.71. The second-order valence-electron chi connectivity index (χ2n) is 5.00. The van der Waals surface area contributed by atoms with E-state index >= 15 is 0 Å². The largest absolute Gasteiger partial charge is 0.325 e. The third-order valence-electron chi connectivity index (χ3n) is 2.58. The zero-order valence-corrected chi connectivity index (χ0v) is 10.1. The minimum atomic E-state index is -0.492. The summed E-state index contributed by atoms with van der Waals surface area (Å²) in [5.41, 5.74) is 6.04. The molecule has 0 aliphatic rings. The van der Waals surface area contributed by atoms with Crippen LogP contribution in [-0.4, -0.2) is 16.3 Å². The molecule has 88 valence electrons. The molecule has 3 heteroatoms. The van der Waals surface area contributed by atoms with E-state index in [1.54, 1.807) is 12.4 Å². The van der Waals surface area contributed by atoms with Crippen molar-refractivity contribution >= 4 is 16.6 Å². The first kappa shape index (κ1) is 11.7. The van der Waals surface area contributed by atoms with Crippen molar-refractivity contribution in [2.24, 2.45) is 5.73 Å². The summed E-state index contributed by atoms with van der Waals surface area (Å²) in [4.78, 5) is 16.3. The number of fused-ring (bicyclic) bond motifs is 1. The molecular weight excluding hydrogens is 212 g/mol. The van der Waals surface area contributed by atoms with Crippen molar-refractivity contribution in [1.82, 2.24) is 4.98 Å². The number of Topliss-reactive ketones (excluding diaryl/α,β-unsaturated/α-hetero) is 1. The summed E-state index contributed by atoms with van der Waals surface area (Å²) < 4.78 is 0. The van der Waals surface area contributed by atoms with Crippen molar-refractivity contribution in [3.05, 3.63) is 42.2 Å². The van der Waals surface area contributed by atoms with E-state index in [1.165, 1.54) is 0 Å². The van der Waals surface area contributed by atoms with E-state index < -0.39 is 5.54 Å². The SMILES string of the molecule is CC(C)(N)CC(=O)c1cncc2ccccc12. The van der Waals surface area contributed by atoms with Gasteiger partial charge in [-0.2, -0.15) is 0 Å². The number of carbonyl (C=O) groups is 1. The topological polar surface area (TPSA) is 56.0 Å². The molecule has 2 rings (SSSR count). The maximum atomic E-state index is 12.2. The highest BCUT2D eigenvalue weighted by molar-refractivity contribution is 6.07. The fraction of sp³-hybridized carbons (Fsp3) is 0.286. The Bertz CT molecular complexity index is 550. The predicted octanol–water partition coefficient (Wildman–Crippen LogP) is 2.54. The molecule has 0 saturated heterocycles. The molecule has 0 aliphatic heterocycles. The Morgan fingerprint density at radius 2 is 2.00 bits per heavy atom. The van der Waals surface area contributed by atoms with Crippen molar-refractivity contribution in [2.45, 2.75) is 25.8 Å². The molecule has 0 amide bonds. The second-order valence-corrected chi connectivity index (χ2v) is 5.00. The number of carbonyl (C=O) groups excluding carboxylic acids is 1. The van der Waals surface area contributed by atoms with Crippen LogP contribution in [0.5, 0.6) is 0 Å². The van der Waals surface area contributed by atoms with Gasteiger partial charge in [0.25, 0.3) is 0 Å². The Kier molecular flexibility index (Phi) is 2.94. The lowest BCUT2D eigenvalue weighted by Gasteiger charge is -2.17. The van der Waals surface area contributed by atoms with Gasteiger partial charge in [-0.1, -0.05) is 24.3 Å². The van der Waals surface area contributed by atoms with Gasteiger partial charge < -0.3 is 5.73 Å². The Hall–Kier alpha value is -1.74. The van der Waals surface area contributed by atoms with Crippen molar-refractivity contribution < 1.29 is 4.79 Å². The second kappa shape index (κ2) is 4.26. The molecule has 0 radical (unpaired) electrons. The van der Waals surface area contributed by atoms with Gasteiger partial charge in [-0.05, 0) is 19.2 Å². The maximum absolute atomic E-state index is 12.2. The van der Waals surface area contributed by atoms with Crippen LogP contribution in [0.3, 0.4) is 0 Å². The van der Waals surface area contributed by atoms with Crippen LogP contribution in [0, 0.1) is 0 Å². The molecule has 2 aromatic rings. The molecule has 0 unspecified atom stereocenters. The molecule has 17 heavy (non-hydrogen) atoms. The molecule has 1 aromatic carbocycles. The number of hydrogen-bond donors (Lipinski definition) is 1. The first-order valence-corrected chi connectivity index (χ1v) is 5.62. The lowest BCUT2D eigenvalue weighted by molar-refractivity contribution is 0.0961. The third-order valence-corrected chi connectivity index (χ3v) is 2.58. The number of nitrogens with zero attached hydrogens (tertiary/aromatic N) is 1. The van der Waals surface area contributed by atoms with Crippen LogP contribution in [0.15, 0.2) is 36.7 Å². The summed E-state index contributed by atoms with van der Waals surface area (Å²) in [6, 6.07) is 7.75. The van der Waals surface area contributed by atoms with Crippen molar-refractivity contribution in [3.8, 4) is 0 Å². The standard InChI is InChI=1S/C14H16N2O/c1-14(2,15)7-13(17)12-9-16-8-10-5-3-4-6-11(10)12/h3-6,8-9H,7,15H2,1-2H3. The number of pyridine rings is 1. The van der Waals surface area contributed by atoms with Gasteiger partial charge in [0.05, 0.1) is 0 Å². The van der Waals surface area contributed by atoms with Crippen LogP contribution < -0.4 is 5.73 Å². The molecule has 0 aliphatic carbocycles. The monoisotopic (exact) mass is 228 g/mol. The van der Waals surface area contributed by atoms with Gasteiger partial charge >= 0.3 is 0 Å². The average molecular weight is 228 g/mol. The Balaban J connectivity index is 2.45. The van der Waals surface area contributed by atoms with Crippen LogP contribution in [-0.2, 0) is 0 Å². The summed E-state index contributed by atoms with van der Waals surface area (Å²) in [5.74, 6) is 0.0433. The van der Waals surface area contributed by atoms with Gasteiger partial charge in [-0.15, -0.1) is 0 Å². The van der Waals surface area contributed by atoms with E-state index in [1.807, 2.05) is 38.1 Å². The van der Waals surface area contributed by atoms with Gasteiger partial charge in [-0.25, -0.2) is 0 Å². The Labute approximate surface area is 101 Å². The van der Waals surface area contributed by atoms with Crippen LogP contribution in [0.4, 0.5) is 0 Å². The van der Waals surface area contributed by atoms with E-state index in [0.29, 0.717) is 12.0 Å². The van der Waals surface area contributed by atoms with Crippen LogP contribution in [0.25, 0.3) is 10.8 Å². The Morgan fingerprint density at radius 1 is 1.29 bits per heavy atom. The van der Waals surface area contributed by atoms with Gasteiger partial charge in [0.1, 0.15) is 0 Å². The first-order chi connectivity index (χ1) is 7.97. The normalized spacial score (nSPS) is 11.7. The molecule has 0 bridgehead atoms. The number of ketones is 1. The number of nitrogens with two attached hydrogens (primary N) is 1. The minimum absolute atomic E-state index is 0.0433. The maximum Gasteiger partial charge on any atom is 0.166 e. The number of rotatable bonds is 3. The van der Waals surface area contributed by atoms with Gasteiger partial charge in [0.15, 0.2) is 5.78 Å². The van der Waals surface area contributed by atoms with E-state index in [4.69, 9.17) is 5.73 Å². The lowest BCUT2D eigenvalue weighted by Crippen LogP contribution is -2.34. The van der Waals surface area contributed by atoms with Crippen LogP contribution in [0.1, 0.15) is 30.6 Å². The fourth-order valence-electron chi connectivity index (χ4n) is 1.85. The number of hydrogen-bond acceptors (Lipinski definition) is 3. The van der Waals surface area contributed by atoms with E-state index in [-0.39, 0.29) is 5.78 Å². The van der Waals surface area contributed by atoms with E-state index in [0.717, 1.165) is 10.8 Å². The zero-order valence-electron chi connectivity index (χ0n) is 10.1. The summed E-state index contributed by atoms with van der Waals surface area (Å²) in [6.45, 7) is 3.70. The molecule has 0 spiro atoms. The molecule has 1 heterocycles. The first-order valence-electron chi connectivity index (χ1n) is 5.62. The highest BCUT2D eigenvalue weighted by Gasteiger charge is 2.19. The summed E-state index contributed by atoms with van der Waals surface area (Å²) in [5, 5.41) is 1.92. The van der Waals surface area contributed by atoms with Crippen molar-refractivity contribution in [1.29, 1.82) is 0 Å². The van der Waals surface area contributed by atoms with Crippen molar-refractivity contribution in [3.63, 3.8) is 0 Å². The molecular formula is C14H16N2O. The molecule has 1 aromatic heterocycles. The van der Waals surface area contributed by atoms with Crippen LogP contribution in [0.2, 0.25) is 0 Å². The molecule has 0 atom stereocenters. The van der Waals surface area contributed by atoms with Gasteiger partial charge in [-0.3, -0.25) is 9.78 Å². The summed E-state index contributed by atoms with van der Waals surface area (Å²) in [7, 11) is 0. The smallest absolute Gasteiger partial charge is 0.166 e. The summed E-state index contributed by atoms with van der Waals surface area (Å²) >= 11 is 0. The molecule has 2 N–H and O–H groups in total. The number of benzene rings is 1. The highest BCUT2D eigenvalue weighted by atomic mass is 16.1. The third kappa shape index (κ3) is 2.68. The van der Waals surface area contributed by atoms with Gasteiger partial charge in [0.2, 0.25) is 0 Å². The highest BCUT2D eigenvalue weighted by Crippen LogP contribution is 2.20. The fourth-order valence-corrected chi connectivity index (χ4v) is 1.85. The molecule has 0 fully saturated rings. The lowest BCUT2D eigenvalue weighted by atomic mass is 9.94. The van der Waals surface area contributed by atoms with Crippen LogP contribution >= 0.6 is 0 Å². The Morgan fingerprint density at radius 3 is 2.71 bits per heavy atom. The minimum Gasteiger partial charge on any atom is -0.325 e. The quantitative estimate of drug-likeness (QED) is 0.821. The number of aromatic nitrogens is 1. The van der Waals surface area contributed by atoms with E-state index in [2.05, 4.69) is 4.98 Å². The molecule has 3 nitrogen and oxygen atoms in total. The predicted molar refractivity (Wildman–Crippen MR) is 69.0 cm³/mol. The van der Waals surface area contributed by atoms with Crippen molar-refractivity contribution in [2.75, 3.05) is 0 Å². The van der Waals surface area contributed by atoms with E-state index in [9.17, 15) is 4.79 Å². The average Bonchev–Trinajstić information content (AvgIpc) is 2.26.